The number of carbonyl (C=O) groups excluding carboxylic acids is 2. The minimum atomic E-state index is -0.535. The molecule has 0 spiro atoms. The number of hydrogen-bond acceptors (Lipinski definition) is 5. The Morgan fingerprint density at radius 2 is 1.88 bits per heavy atom. The molecular formula is C18H26N4O4. The molecule has 2 aromatic heterocycles. The van der Waals surface area contributed by atoms with E-state index in [0.29, 0.717) is 11.3 Å². The fraction of sp³-hybridized carbons (Fsp3) is 0.556. The van der Waals surface area contributed by atoms with Gasteiger partial charge >= 0.3 is 5.97 Å². The third-order valence-corrected chi connectivity index (χ3v) is 3.88. The minimum Gasteiger partial charge on any atom is -0.462 e. The van der Waals surface area contributed by atoms with Crippen LogP contribution in [0.15, 0.2) is 17.1 Å². The Labute approximate surface area is 152 Å². The van der Waals surface area contributed by atoms with Gasteiger partial charge in [-0.1, -0.05) is 13.8 Å². The largest absolute Gasteiger partial charge is 0.462 e. The van der Waals surface area contributed by atoms with Crippen LogP contribution in [-0.2, 0) is 20.9 Å². The van der Waals surface area contributed by atoms with Crippen molar-refractivity contribution in [3.63, 3.8) is 0 Å². The van der Waals surface area contributed by atoms with Gasteiger partial charge < -0.3 is 10.1 Å². The summed E-state index contributed by atoms with van der Waals surface area (Å²) in [6.07, 6.45) is 1.57. The lowest BCUT2D eigenvalue weighted by Gasteiger charge is -2.16. The highest BCUT2D eigenvalue weighted by Gasteiger charge is 2.20. The summed E-state index contributed by atoms with van der Waals surface area (Å²) in [4.78, 5) is 36.2. The second kappa shape index (κ2) is 7.72. The average Bonchev–Trinajstić information content (AvgIpc) is 2.94. The van der Waals surface area contributed by atoms with Gasteiger partial charge in [-0.25, -0.2) is 4.68 Å². The van der Waals surface area contributed by atoms with Crippen molar-refractivity contribution in [2.75, 3.05) is 0 Å². The molecule has 0 aromatic carbocycles. The average molecular weight is 362 g/mol. The number of carbonyl (C=O) groups is 2. The maximum absolute atomic E-state index is 12.8. The summed E-state index contributed by atoms with van der Waals surface area (Å²) in [5, 5.41) is 7.09. The van der Waals surface area contributed by atoms with Gasteiger partial charge in [0.1, 0.15) is 12.1 Å². The van der Waals surface area contributed by atoms with E-state index in [2.05, 4.69) is 10.4 Å². The van der Waals surface area contributed by atoms with Crippen molar-refractivity contribution in [1.29, 1.82) is 0 Å². The molecule has 2 heterocycles. The normalized spacial score (nSPS) is 12.6. The number of rotatable bonds is 6. The summed E-state index contributed by atoms with van der Waals surface area (Å²) in [6.45, 7) is 10.4. The quantitative estimate of drug-likeness (QED) is 0.790. The molecule has 1 N–H and O–H groups in total. The zero-order valence-electron chi connectivity index (χ0n) is 16.1. The van der Waals surface area contributed by atoms with Crippen LogP contribution in [-0.4, -0.2) is 32.2 Å². The second-order valence-corrected chi connectivity index (χ2v) is 6.97. The number of nitrogens with one attached hydrogen (secondary N) is 1. The van der Waals surface area contributed by atoms with Crippen LogP contribution in [0.3, 0.4) is 0 Å². The van der Waals surface area contributed by atoms with Gasteiger partial charge in [0.05, 0.1) is 12.1 Å². The van der Waals surface area contributed by atoms with Gasteiger partial charge in [-0.3, -0.25) is 18.8 Å². The molecule has 0 aliphatic heterocycles. The molecule has 0 bridgehead atoms. The smallest absolute Gasteiger partial charge is 0.328 e. The van der Waals surface area contributed by atoms with Crippen LogP contribution < -0.4 is 10.9 Å². The Bertz CT molecular complexity index is 879. The van der Waals surface area contributed by atoms with Gasteiger partial charge in [-0.2, -0.15) is 5.10 Å². The fourth-order valence-corrected chi connectivity index (χ4v) is 2.70. The van der Waals surface area contributed by atoms with Crippen LogP contribution in [0.5, 0.6) is 0 Å². The highest BCUT2D eigenvalue weighted by atomic mass is 16.5. The van der Waals surface area contributed by atoms with Gasteiger partial charge in [0.2, 0.25) is 5.91 Å². The molecule has 8 heteroatoms. The molecule has 0 fully saturated rings. The van der Waals surface area contributed by atoms with Gasteiger partial charge in [0.25, 0.3) is 5.56 Å². The van der Waals surface area contributed by atoms with Crippen molar-refractivity contribution < 1.29 is 14.3 Å². The molecule has 0 aliphatic carbocycles. The van der Waals surface area contributed by atoms with E-state index in [1.165, 1.54) is 6.92 Å². The van der Waals surface area contributed by atoms with E-state index in [-0.39, 0.29) is 30.0 Å². The lowest BCUT2D eigenvalue weighted by atomic mass is 10.1. The number of esters is 1. The molecule has 2 aromatic rings. The predicted octanol–water partition coefficient (Wildman–Crippen LogP) is 1.77. The van der Waals surface area contributed by atoms with Crippen LogP contribution in [0.4, 0.5) is 0 Å². The third kappa shape index (κ3) is 4.30. The lowest BCUT2D eigenvalue weighted by Crippen LogP contribution is -2.34. The molecule has 1 atom stereocenters. The molecule has 1 unspecified atom stereocenters. The number of ether oxygens (including phenoxy) is 1. The van der Waals surface area contributed by atoms with Crippen LogP contribution in [0.2, 0.25) is 0 Å². The standard InChI is InChI=1S/C18H26N4O4/c1-10(2)14-7-15-18(25)22(9-16(24)26-11(3)4)20-17(21(15)8-14)12(5)19-13(6)23/h7-8,10-12H,9H2,1-6H3,(H,19,23). The predicted molar refractivity (Wildman–Crippen MR) is 97.0 cm³/mol. The number of hydrogen-bond donors (Lipinski definition) is 1. The summed E-state index contributed by atoms with van der Waals surface area (Å²) in [7, 11) is 0. The van der Waals surface area contributed by atoms with E-state index in [1.807, 2.05) is 20.0 Å². The first kappa shape index (κ1) is 19.7. The van der Waals surface area contributed by atoms with Crippen LogP contribution in [0.25, 0.3) is 5.52 Å². The van der Waals surface area contributed by atoms with Crippen molar-refractivity contribution in [3.8, 4) is 0 Å². The van der Waals surface area contributed by atoms with Crippen molar-refractivity contribution >= 4 is 17.4 Å². The zero-order chi connectivity index (χ0) is 19.6. The van der Waals surface area contributed by atoms with E-state index in [1.54, 1.807) is 31.2 Å². The maximum atomic E-state index is 12.8. The first-order valence-corrected chi connectivity index (χ1v) is 8.69. The minimum absolute atomic E-state index is 0.208. The molecule has 1 amide bonds. The highest BCUT2D eigenvalue weighted by Crippen LogP contribution is 2.19. The molecule has 0 saturated carbocycles. The number of fused-ring (bicyclic) bond motifs is 1. The molecule has 0 aliphatic rings. The summed E-state index contributed by atoms with van der Waals surface area (Å²) >= 11 is 0. The van der Waals surface area contributed by atoms with Crippen LogP contribution in [0, 0.1) is 0 Å². The molecular weight excluding hydrogens is 336 g/mol. The highest BCUT2D eigenvalue weighted by molar-refractivity contribution is 5.73. The first-order valence-electron chi connectivity index (χ1n) is 8.69. The molecule has 8 nitrogen and oxygen atoms in total. The number of amides is 1. The third-order valence-electron chi connectivity index (χ3n) is 3.88. The Balaban J connectivity index is 2.59. The molecule has 142 valence electrons. The summed E-state index contributed by atoms with van der Waals surface area (Å²) in [5.41, 5.74) is 1.01. The molecule has 0 saturated heterocycles. The second-order valence-electron chi connectivity index (χ2n) is 6.97. The van der Waals surface area contributed by atoms with Gasteiger partial charge in [0, 0.05) is 13.1 Å². The summed E-state index contributed by atoms with van der Waals surface area (Å²) < 4.78 is 7.89. The van der Waals surface area contributed by atoms with E-state index >= 15 is 0 Å². The van der Waals surface area contributed by atoms with E-state index in [4.69, 9.17) is 4.74 Å². The zero-order valence-corrected chi connectivity index (χ0v) is 16.1. The first-order chi connectivity index (χ1) is 12.1. The van der Waals surface area contributed by atoms with Crippen LogP contribution >= 0.6 is 0 Å². The van der Waals surface area contributed by atoms with Gasteiger partial charge in [-0.15, -0.1) is 0 Å². The van der Waals surface area contributed by atoms with Crippen LogP contribution in [0.1, 0.15) is 64.9 Å². The van der Waals surface area contributed by atoms with Gasteiger partial charge in [-0.05, 0) is 38.3 Å². The van der Waals surface area contributed by atoms with Crippen molar-refractivity contribution in [2.24, 2.45) is 0 Å². The lowest BCUT2D eigenvalue weighted by molar-refractivity contribution is -0.148. The van der Waals surface area contributed by atoms with E-state index < -0.39 is 12.0 Å². The Morgan fingerprint density at radius 3 is 2.42 bits per heavy atom. The number of aromatic nitrogens is 3. The Kier molecular flexibility index (Phi) is 5.84. The topological polar surface area (TPSA) is 94.7 Å². The molecule has 26 heavy (non-hydrogen) atoms. The summed E-state index contributed by atoms with van der Waals surface area (Å²) in [6, 6.07) is 1.36. The SMILES string of the molecule is CC(=O)NC(C)c1nn(CC(=O)OC(C)C)c(=O)c2cc(C(C)C)cn12. The Morgan fingerprint density at radius 1 is 1.23 bits per heavy atom. The number of nitrogens with zero attached hydrogens (tertiary/aromatic N) is 3. The van der Waals surface area contributed by atoms with E-state index in [9.17, 15) is 14.4 Å². The van der Waals surface area contributed by atoms with Crippen molar-refractivity contribution in [1.82, 2.24) is 19.5 Å². The molecule has 2 rings (SSSR count). The Hall–Kier alpha value is -2.64. The summed E-state index contributed by atoms with van der Waals surface area (Å²) in [5.74, 6) is -0.0509. The molecule has 0 radical (unpaired) electrons. The maximum Gasteiger partial charge on any atom is 0.328 e. The van der Waals surface area contributed by atoms with Crippen molar-refractivity contribution in [3.05, 3.63) is 34.0 Å². The van der Waals surface area contributed by atoms with Gasteiger partial charge in [0.15, 0.2) is 5.82 Å². The monoisotopic (exact) mass is 362 g/mol. The fourth-order valence-electron chi connectivity index (χ4n) is 2.70. The van der Waals surface area contributed by atoms with Crippen molar-refractivity contribution in [2.45, 2.75) is 66.2 Å². The van der Waals surface area contributed by atoms with E-state index in [0.717, 1.165) is 10.2 Å².